The maximum atomic E-state index is 13.6. The Morgan fingerprint density at radius 2 is 2.16 bits per heavy atom. The lowest BCUT2D eigenvalue weighted by Gasteiger charge is -2.31. The van der Waals surface area contributed by atoms with Crippen molar-refractivity contribution in [1.29, 1.82) is 0 Å². The largest absolute Gasteiger partial charge is 0.337 e. The number of piperidine rings is 1. The Labute approximate surface area is 110 Å². The normalized spacial score (nSPS) is 19.6. The summed E-state index contributed by atoms with van der Waals surface area (Å²) in [5.74, 6) is -2.79. The zero-order valence-corrected chi connectivity index (χ0v) is 10.7. The molecule has 3 nitrogen and oxygen atoms in total. The standard InChI is InChI=1S/C14H15F2NO2/c1-2-9-8-17(7-6-12(9)18)14(19)10-4-3-5-11(15)13(10)16/h3-5,9H,2,6-8H2,1H3. The van der Waals surface area contributed by atoms with Crippen molar-refractivity contribution in [3.05, 3.63) is 35.4 Å². The highest BCUT2D eigenvalue weighted by molar-refractivity contribution is 5.96. The number of likely N-dealkylation sites (tertiary alicyclic amines) is 1. The summed E-state index contributed by atoms with van der Waals surface area (Å²) in [6.07, 6.45) is 0.926. The molecule has 1 fully saturated rings. The van der Waals surface area contributed by atoms with Crippen molar-refractivity contribution in [2.24, 2.45) is 5.92 Å². The molecule has 1 aromatic rings. The van der Waals surface area contributed by atoms with Crippen LogP contribution in [0.1, 0.15) is 30.1 Å². The van der Waals surface area contributed by atoms with Gasteiger partial charge in [0.05, 0.1) is 5.56 Å². The van der Waals surface area contributed by atoms with Crippen LogP contribution in [-0.4, -0.2) is 29.7 Å². The molecule has 0 radical (unpaired) electrons. The van der Waals surface area contributed by atoms with Gasteiger partial charge in [-0.15, -0.1) is 0 Å². The molecule has 1 unspecified atom stereocenters. The highest BCUT2D eigenvalue weighted by Gasteiger charge is 2.30. The van der Waals surface area contributed by atoms with E-state index in [1.54, 1.807) is 0 Å². The molecule has 1 atom stereocenters. The van der Waals surface area contributed by atoms with E-state index in [9.17, 15) is 18.4 Å². The molecule has 5 heteroatoms. The van der Waals surface area contributed by atoms with E-state index in [2.05, 4.69) is 0 Å². The summed E-state index contributed by atoms with van der Waals surface area (Å²) >= 11 is 0. The number of hydrogen-bond donors (Lipinski definition) is 0. The number of carbonyl (C=O) groups is 2. The Balaban J connectivity index is 2.20. The van der Waals surface area contributed by atoms with Crippen LogP contribution in [0.25, 0.3) is 0 Å². The number of halogens is 2. The lowest BCUT2D eigenvalue weighted by Crippen LogP contribution is -2.44. The second-order valence-corrected chi connectivity index (χ2v) is 4.67. The molecular weight excluding hydrogens is 252 g/mol. The van der Waals surface area contributed by atoms with E-state index < -0.39 is 17.5 Å². The third-order valence-corrected chi connectivity index (χ3v) is 3.49. The first kappa shape index (κ1) is 13.6. The Kier molecular flexibility index (Phi) is 3.93. The first-order valence-electron chi connectivity index (χ1n) is 6.30. The second-order valence-electron chi connectivity index (χ2n) is 4.67. The number of hydrogen-bond acceptors (Lipinski definition) is 2. The fourth-order valence-corrected chi connectivity index (χ4v) is 2.29. The van der Waals surface area contributed by atoms with Crippen LogP contribution in [0.2, 0.25) is 0 Å². The Hall–Kier alpha value is -1.78. The van der Waals surface area contributed by atoms with Gasteiger partial charge in [-0.05, 0) is 18.6 Å². The van der Waals surface area contributed by atoms with Crippen LogP contribution < -0.4 is 0 Å². The van der Waals surface area contributed by atoms with Crippen LogP contribution in [0.4, 0.5) is 8.78 Å². The summed E-state index contributed by atoms with van der Waals surface area (Å²) in [6, 6.07) is 3.54. The predicted molar refractivity (Wildman–Crippen MR) is 65.7 cm³/mol. The fraction of sp³-hybridized carbons (Fsp3) is 0.429. The SMILES string of the molecule is CCC1CN(C(=O)c2cccc(F)c2F)CCC1=O. The van der Waals surface area contributed by atoms with Crippen LogP contribution in [-0.2, 0) is 4.79 Å². The molecule has 0 aliphatic carbocycles. The highest BCUT2D eigenvalue weighted by atomic mass is 19.2. The second kappa shape index (κ2) is 5.47. The zero-order valence-electron chi connectivity index (χ0n) is 10.7. The van der Waals surface area contributed by atoms with Gasteiger partial charge in [0.15, 0.2) is 11.6 Å². The highest BCUT2D eigenvalue weighted by Crippen LogP contribution is 2.20. The van der Waals surface area contributed by atoms with Crippen molar-refractivity contribution < 1.29 is 18.4 Å². The quantitative estimate of drug-likeness (QED) is 0.825. The lowest BCUT2D eigenvalue weighted by molar-refractivity contribution is -0.125. The van der Waals surface area contributed by atoms with Crippen molar-refractivity contribution in [3.8, 4) is 0 Å². The van der Waals surface area contributed by atoms with Gasteiger partial charge in [-0.25, -0.2) is 8.78 Å². The van der Waals surface area contributed by atoms with Gasteiger partial charge in [0.1, 0.15) is 5.78 Å². The van der Waals surface area contributed by atoms with Gasteiger partial charge in [-0.2, -0.15) is 0 Å². The van der Waals surface area contributed by atoms with Gasteiger partial charge in [-0.1, -0.05) is 13.0 Å². The summed E-state index contributed by atoms with van der Waals surface area (Å²) in [5, 5.41) is 0. The zero-order chi connectivity index (χ0) is 14.0. The molecule has 1 aliphatic heterocycles. The molecule has 0 bridgehead atoms. The smallest absolute Gasteiger partial charge is 0.256 e. The van der Waals surface area contributed by atoms with Crippen LogP contribution in [0.15, 0.2) is 18.2 Å². The number of rotatable bonds is 2. The minimum absolute atomic E-state index is 0.131. The van der Waals surface area contributed by atoms with E-state index in [1.165, 1.54) is 17.0 Å². The van der Waals surface area contributed by atoms with Crippen molar-refractivity contribution >= 4 is 11.7 Å². The van der Waals surface area contributed by atoms with Crippen molar-refractivity contribution in [3.63, 3.8) is 0 Å². The van der Waals surface area contributed by atoms with E-state index >= 15 is 0 Å². The molecule has 102 valence electrons. The Morgan fingerprint density at radius 1 is 1.42 bits per heavy atom. The number of benzene rings is 1. The summed E-state index contributed by atoms with van der Waals surface area (Å²) in [5.41, 5.74) is -0.274. The molecule has 1 heterocycles. The number of ketones is 1. The van der Waals surface area contributed by atoms with Crippen molar-refractivity contribution in [1.82, 2.24) is 4.90 Å². The summed E-state index contributed by atoms with van der Waals surface area (Å²) in [6.45, 7) is 2.42. The van der Waals surface area contributed by atoms with Gasteiger partial charge < -0.3 is 4.90 Å². The molecule has 1 saturated heterocycles. The molecule has 19 heavy (non-hydrogen) atoms. The molecule has 1 aromatic carbocycles. The number of carbonyl (C=O) groups excluding carboxylic acids is 2. The number of nitrogens with zero attached hydrogens (tertiary/aromatic N) is 1. The molecule has 0 spiro atoms. The van der Waals surface area contributed by atoms with Gasteiger partial charge >= 0.3 is 0 Å². The average molecular weight is 267 g/mol. The van der Waals surface area contributed by atoms with Crippen LogP contribution in [0.3, 0.4) is 0 Å². The van der Waals surface area contributed by atoms with Gasteiger partial charge in [0, 0.05) is 25.4 Å². The third kappa shape index (κ3) is 2.64. The summed E-state index contributed by atoms with van der Waals surface area (Å²) in [4.78, 5) is 25.2. The first-order chi connectivity index (χ1) is 9.04. The molecule has 0 aromatic heterocycles. The van der Waals surface area contributed by atoms with Crippen LogP contribution in [0, 0.1) is 17.6 Å². The number of amides is 1. The fourth-order valence-electron chi connectivity index (χ4n) is 2.29. The minimum Gasteiger partial charge on any atom is -0.337 e. The van der Waals surface area contributed by atoms with E-state index in [4.69, 9.17) is 0 Å². The van der Waals surface area contributed by atoms with E-state index in [0.717, 1.165) is 6.07 Å². The van der Waals surface area contributed by atoms with Gasteiger partial charge in [-0.3, -0.25) is 9.59 Å². The molecule has 0 N–H and O–H groups in total. The van der Waals surface area contributed by atoms with E-state index in [0.29, 0.717) is 6.42 Å². The Morgan fingerprint density at radius 3 is 2.84 bits per heavy atom. The van der Waals surface area contributed by atoms with E-state index in [-0.39, 0.29) is 36.8 Å². The number of Topliss-reactive ketones (excluding diaryl/α,β-unsaturated/α-hetero) is 1. The predicted octanol–water partition coefficient (Wildman–Crippen LogP) is 2.41. The topological polar surface area (TPSA) is 37.4 Å². The molecular formula is C14H15F2NO2. The summed E-state index contributed by atoms with van der Waals surface area (Å²) in [7, 11) is 0. The lowest BCUT2D eigenvalue weighted by atomic mass is 9.93. The summed E-state index contributed by atoms with van der Waals surface area (Å²) < 4.78 is 26.7. The molecule has 2 rings (SSSR count). The monoisotopic (exact) mass is 267 g/mol. The van der Waals surface area contributed by atoms with E-state index in [1.807, 2.05) is 6.92 Å². The molecule has 1 amide bonds. The molecule has 0 saturated carbocycles. The van der Waals surface area contributed by atoms with Crippen LogP contribution in [0.5, 0.6) is 0 Å². The Bertz CT molecular complexity index is 516. The van der Waals surface area contributed by atoms with Crippen molar-refractivity contribution in [2.45, 2.75) is 19.8 Å². The van der Waals surface area contributed by atoms with Crippen molar-refractivity contribution in [2.75, 3.05) is 13.1 Å². The minimum atomic E-state index is -1.13. The van der Waals surface area contributed by atoms with Crippen LogP contribution >= 0.6 is 0 Å². The maximum absolute atomic E-state index is 13.6. The third-order valence-electron chi connectivity index (χ3n) is 3.49. The van der Waals surface area contributed by atoms with Gasteiger partial charge in [0.2, 0.25) is 0 Å². The van der Waals surface area contributed by atoms with Gasteiger partial charge in [0.25, 0.3) is 5.91 Å². The maximum Gasteiger partial charge on any atom is 0.256 e. The molecule has 1 aliphatic rings. The first-order valence-corrected chi connectivity index (χ1v) is 6.30. The average Bonchev–Trinajstić information content (AvgIpc) is 2.41.